The number of imide groups is 1. The van der Waals surface area contributed by atoms with Crippen molar-refractivity contribution in [1.29, 1.82) is 0 Å². The van der Waals surface area contributed by atoms with Gasteiger partial charge in [0.05, 0.1) is 10.7 Å². The number of likely N-dealkylation sites (tertiary alicyclic amines) is 1. The fourth-order valence-electron chi connectivity index (χ4n) is 5.38. The summed E-state index contributed by atoms with van der Waals surface area (Å²) >= 11 is 6.15. The topological polar surface area (TPSA) is 95.7 Å². The van der Waals surface area contributed by atoms with Gasteiger partial charge in [0, 0.05) is 25.1 Å². The van der Waals surface area contributed by atoms with E-state index in [0.717, 1.165) is 42.6 Å². The van der Waals surface area contributed by atoms with Crippen molar-refractivity contribution in [2.45, 2.75) is 50.7 Å². The van der Waals surface area contributed by atoms with Gasteiger partial charge in [-0.15, -0.1) is 0 Å². The van der Waals surface area contributed by atoms with Crippen molar-refractivity contribution < 1.29 is 18.8 Å². The van der Waals surface area contributed by atoms with E-state index in [1.54, 1.807) is 6.07 Å². The summed E-state index contributed by atoms with van der Waals surface area (Å²) in [5.41, 5.74) is 9.68. The Bertz CT molecular complexity index is 1180. The molecule has 0 spiro atoms. The van der Waals surface area contributed by atoms with Gasteiger partial charge in [0.1, 0.15) is 11.9 Å². The molecule has 3 aliphatic rings. The zero-order valence-electron chi connectivity index (χ0n) is 18.7. The largest absolute Gasteiger partial charge is 0.397 e. The molecular weight excluding hydrogens is 459 g/mol. The number of hydrogen-bond donors (Lipinski definition) is 2. The van der Waals surface area contributed by atoms with Gasteiger partial charge in [-0.05, 0) is 73.2 Å². The molecule has 3 aliphatic heterocycles. The van der Waals surface area contributed by atoms with Crippen LogP contribution in [0.25, 0.3) is 0 Å². The first kappa shape index (κ1) is 22.8. The Labute approximate surface area is 202 Å². The maximum Gasteiger partial charge on any atom is 0.255 e. The lowest BCUT2D eigenvalue weighted by Gasteiger charge is -2.33. The number of hydrogen-bond acceptors (Lipinski definition) is 5. The lowest BCUT2D eigenvalue weighted by molar-refractivity contribution is -0.136. The minimum absolute atomic E-state index is 0.118. The average Bonchev–Trinajstić information content (AvgIpc) is 3.13. The Balaban J connectivity index is 1.32. The molecule has 0 bridgehead atoms. The van der Waals surface area contributed by atoms with Crippen LogP contribution in [0.5, 0.6) is 0 Å². The second kappa shape index (κ2) is 9.00. The predicted molar refractivity (Wildman–Crippen MR) is 126 cm³/mol. The molecule has 178 valence electrons. The van der Waals surface area contributed by atoms with Gasteiger partial charge in [-0.3, -0.25) is 24.6 Å². The van der Waals surface area contributed by atoms with Gasteiger partial charge in [0.15, 0.2) is 0 Å². The smallest absolute Gasteiger partial charge is 0.255 e. The number of piperidine rings is 2. The molecular formula is C25H26ClFN4O3. The molecule has 0 radical (unpaired) electrons. The van der Waals surface area contributed by atoms with Crippen molar-refractivity contribution in [3.05, 3.63) is 63.4 Å². The summed E-state index contributed by atoms with van der Waals surface area (Å²) in [6.07, 6.45) is 2.12. The van der Waals surface area contributed by atoms with Gasteiger partial charge >= 0.3 is 0 Å². The number of rotatable bonds is 4. The summed E-state index contributed by atoms with van der Waals surface area (Å²) in [7, 11) is 0. The van der Waals surface area contributed by atoms with E-state index in [4.69, 9.17) is 17.3 Å². The van der Waals surface area contributed by atoms with E-state index < -0.39 is 17.8 Å². The number of nitrogens with one attached hydrogen (secondary N) is 1. The zero-order chi connectivity index (χ0) is 24.0. The zero-order valence-corrected chi connectivity index (χ0v) is 19.4. The summed E-state index contributed by atoms with van der Waals surface area (Å²) < 4.78 is 14.6. The molecule has 9 heteroatoms. The number of benzene rings is 2. The number of nitrogens with zero attached hydrogens (tertiary/aromatic N) is 2. The molecule has 1 atom stereocenters. The number of fused-ring (bicyclic) bond motifs is 1. The number of carbonyl (C=O) groups is 3. The van der Waals surface area contributed by atoms with Crippen molar-refractivity contribution in [3.8, 4) is 0 Å². The molecule has 3 N–H and O–H groups in total. The number of carbonyl (C=O) groups excluding carboxylic acids is 3. The van der Waals surface area contributed by atoms with E-state index in [1.165, 1.54) is 17.0 Å². The number of nitrogens with two attached hydrogens (primary N) is 1. The number of amides is 3. The summed E-state index contributed by atoms with van der Waals surface area (Å²) in [6.45, 7) is 2.58. The van der Waals surface area contributed by atoms with Gasteiger partial charge in [-0.1, -0.05) is 23.7 Å². The average molecular weight is 485 g/mol. The van der Waals surface area contributed by atoms with E-state index in [2.05, 4.69) is 10.2 Å². The third-order valence-corrected chi connectivity index (χ3v) is 7.55. The quantitative estimate of drug-likeness (QED) is 0.513. The third-order valence-electron chi connectivity index (χ3n) is 7.22. The monoisotopic (exact) mass is 484 g/mol. The molecule has 3 heterocycles. The molecule has 5 rings (SSSR count). The van der Waals surface area contributed by atoms with E-state index >= 15 is 0 Å². The molecule has 2 aromatic rings. The highest BCUT2D eigenvalue weighted by Gasteiger charge is 2.41. The number of para-hydroxylation sites is 1. The number of nitrogen functional groups attached to an aromatic ring is 1. The molecule has 0 aliphatic carbocycles. The molecule has 3 amide bonds. The molecule has 2 fully saturated rings. The van der Waals surface area contributed by atoms with Gasteiger partial charge in [0.25, 0.3) is 5.91 Å². The molecule has 2 saturated heterocycles. The summed E-state index contributed by atoms with van der Waals surface area (Å²) in [6, 6.07) is 7.73. The molecule has 1 unspecified atom stereocenters. The Morgan fingerprint density at radius 3 is 2.62 bits per heavy atom. The van der Waals surface area contributed by atoms with Crippen LogP contribution >= 0.6 is 11.6 Å². The molecule has 0 aromatic heterocycles. The minimum atomic E-state index is -0.710. The number of anilines is 1. The molecule has 34 heavy (non-hydrogen) atoms. The highest BCUT2D eigenvalue weighted by Crippen LogP contribution is 2.38. The van der Waals surface area contributed by atoms with E-state index in [9.17, 15) is 18.8 Å². The van der Waals surface area contributed by atoms with Crippen LogP contribution in [0.15, 0.2) is 30.3 Å². The lowest BCUT2D eigenvalue weighted by Crippen LogP contribution is -2.52. The summed E-state index contributed by atoms with van der Waals surface area (Å²) in [5, 5.41) is 2.86. The maximum atomic E-state index is 14.6. The van der Waals surface area contributed by atoms with Crippen LogP contribution in [-0.4, -0.2) is 46.7 Å². The van der Waals surface area contributed by atoms with Crippen LogP contribution in [-0.2, 0) is 22.7 Å². The van der Waals surface area contributed by atoms with Gasteiger partial charge in [0.2, 0.25) is 11.8 Å². The van der Waals surface area contributed by atoms with E-state index in [-0.39, 0.29) is 37.1 Å². The highest BCUT2D eigenvalue weighted by molar-refractivity contribution is 6.33. The highest BCUT2D eigenvalue weighted by atomic mass is 35.5. The lowest BCUT2D eigenvalue weighted by atomic mass is 9.85. The summed E-state index contributed by atoms with van der Waals surface area (Å²) in [5.74, 6) is -1.47. The number of halogens is 2. The Kier molecular flexibility index (Phi) is 6.04. The standard InChI is InChI=1S/C25H26ClFN4O3/c26-20-3-1-2-15(23(20)28)12-30-8-6-14(7-9-30)17-10-16(27)11-18-19(17)13-31(25(18)34)21-4-5-22(32)29-24(21)33/h1-3,10-11,14,21H,4-9,12-13,28H2,(H,29,32,33). The van der Waals surface area contributed by atoms with Gasteiger partial charge in [-0.25, -0.2) is 4.39 Å². The fraction of sp³-hybridized carbons (Fsp3) is 0.400. The van der Waals surface area contributed by atoms with Crippen LogP contribution < -0.4 is 11.1 Å². The van der Waals surface area contributed by atoms with Crippen molar-refractivity contribution in [2.24, 2.45) is 0 Å². The minimum Gasteiger partial charge on any atom is -0.397 e. The Morgan fingerprint density at radius 2 is 1.88 bits per heavy atom. The summed E-state index contributed by atoms with van der Waals surface area (Å²) in [4.78, 5) is 40.7. The van der Waals surface area contributed by atoms with E-state index in [1.807, 2.05) is 12.1 Å². The van der Waals surface area contributed by atoms with Crippen LogP contribution in [0, 0.1) is 5.82 Å². The normalized spacial score (nSPS) is 21.6. The maximum absolute atomic E-state index is 14.6. The van der Waals surface area contributed by atoms with Gasteiger partial charge in [-0.2, -0.15) is 0 Å². The van der Waals surface area contributed by atoms with E-state index in [0.29, 0.717) is 22.8 Å². The Hall–Kier alpha value is -2.97. The van der Waals surface area contributed by atoms with Crippen LogP contribution in [0.1, 0.15) is 58.6 Å². The molecule has 0 saturated carbocycles. The van der Waals surface area contributed by atoms with Crippen LogP contribution in [0.4, 0.5) is 10.1 Å². The van der Waals surface area contributed by atoms with Crippen molar-refractivity contribution in [1.82, 2.24) is 15.1 Å². The van der Waals surface area contributed by atoms with Crippen LogP contribution in [0.2, 0.25) is 5.02 Å². The predicted octanol–water partition coefficient (Wildman–Crippen LogP) is 3.20. The van der Waals surface area contributed by atoms with Crippen LogP contribution in [0.3, 0.4) is 0 Å². The Morgan fingerprint density at radius 1 is 1.12 bits per heavy atom. The second-order valence-corrected chi connectivity index (χ2v) is 9.69. The molecule has 2 aromatic carbocycles. The second-order valence-electron chi connectivity index (χ2n) is 9.28. The van der Waals surface area contributed by atoms with Gasteiger partial charge < -0.3 is 10.6 Å². The van der Waals surface area contributed by atoms with Crippen molar-refractivity contribution >= 4 is 35.0 Å². The SMILES string of the molecule is Nc1c(Cl)cccc1CN1CCC(c2cc(F)cc3c2CN(C2CCC(=O)NC2=O)C3=O)CC1. The van der Waals surface area contributed by atoms with Crippen molar-refractivity contribution in [2.75, 3.05) is 18.8 Å². The molecule has 7 nitrogen and oxygen atoms in total. The first-order valence-corrected chi connectivity index (χ1v) is 11.9. The third kappa shape index (κ3) is 4.16. The fourth-order valence-corrected chi connectivity index (χ4v) is 5.57. The first-order chi connectivity index (χ1) is 16.3. The first-order valence-electron chi connectivity index (χ1n) is 11.5. The van der Waals surface area contributed by atoms with Crippen molar-refractivity contribution in [3.63, 3.8) is 0 Å².